The molecule has 4 rings (SSSR count). The first-order valence-corrected chi connectivity index (χ1v) is 9.29. The maximum atomic E-state index is 11.0. The van der Waals surface area contributed by atoms with Gasteiger partial charge in [0.1, 0.15) is 17.7 Å². The number of anilines is 1. The second-order valence-corrected chi connectivity index (χ2v) is 7.76. The molecular formula is C13H13ClN5O6P. The largest absolute Gasteiger partial charge is 0.469 e. The van der Waals surface area contributed by atoms with Crippen molar-refractivity contribution in [1.82, 2.24) is 19.5 Å². The standard InChI is InChI=1S/C13H13ClN5O6P/c14-12-17-10(15)6-11(18-12)19(4-16-6)7-5-1-2-13(5,9(21)8(7)20)3-25-26(22,23)24/h4-5,7-9,20-21H,3H2,(H2,15,17,18)(H2,22,23,24)/t5-,7-,8+,9+,13+/m1/s1. The maximum Gasteiger partial charge on any atom is 0.469 e. The smallest absolute Gasteiger partial charge is 0.389 e. The van der Waals surface area contributed by atoms with Crippen LogP contribution in [0.15, 0.2) is 6.33 Å². The van der Waals surface area contributed by atoms with E-state index in [-0.39, 0.29) is 22.3 Å². The summed E-state index contributed by atoms with van der Waals surface area (Å²) in [6, 6.07) is -0.790. The summed E-state index contributed by atoms with van der Waals surface area (Å²) in [4.78, 5) is 29.9. The zero-order chi connectivity index (χ0) is 18.9. The average molecular weight is 402 g/mol. The molecule has 2 aromatic rings. The highest BCUT2D eigenvalue weighted by Crippen LogP contribution is 2.55. The van der Waals surface area contributed by atoms with Crippen LogP contribution >= 0.6 is 19.4 Å². The SMILES string of the molecule is Nc1nc(Cl)nc2c1ncn2[C@H]1[C@H](O)[C@H](O)[C@]2(COP(=O)(O)O)C#C[C@H]12. The molecule has 0 amide bonds. The van der Waals surface area contributed by atoms with Crippen LogP contribution in [0.5, 0.6) is 0 Å². The number of fused-ring (bicyclic) bond motifs is 2. The molecule has 0 saturated heterocycles. The minimum absolute atomic E-state index is 0.0579. The van der Waals surface area contributed by atoms with Crippen LogP contribution in [0.1, 0.15) is 6.04 Å². The molecule has 2 aliphatic rings. The van der Waals surface area contributed by atoms with E-state index in [1.165, 1.54) is 10.9 Å². The number of halogens is 1. The minimum Gasteiger partial charge on any atom is -0.389 e. The third-order valence-electron chi connectivity index (χ3n) is 4.77. The fourth-order valence-corrected chi connectivity index (χ4v) is 4.09. The first-order valence-electron chi connectivity index (χ1n) is 7.38. The molecule has 2 aliphatic carbocycles. The minimum atomic E-state index is -4.77. The number of hydrogen-bond acceptors (Lipinski definition) is 8. The molecule has 1 saturated carbocycles. The topological polar surface area (TPSA) is 177 Å². The molecule has 11 nitrogen and oxygen atoms in total. The Bertz CT molecular complexity index is 1010. The van der Waals surface area contributed by atoms with E-state index in [2.05, 4.69) is 31.3 Å². The van der Waals surface area contributed by atoms with Gasteiger partial charge in [0.05, 0.1) is 30.3 Å². The van der Waals surface area contributed by atoms with Crippen molar-refractivity contribution in [3.63, 3.8) is 0 Å². The summed E-state index contributed by atoms with van der Waals surface area (Å²) in [5, 5.41) is 20.9. The molecule has 26 heavy (non-hydrogen) atoms. The van der Waals surface area contributed by atoms with Crippen LogP contribution in [0.25, 0.3) is 11.2 Å². The number of imidazole rings is 1. The number of phosphoric acid groups is 1. The third-order valence-corrected chi connectivity index (χ3v) is 5.41. The van der Waals surface area contributed by atoms with Gasteiger partial charge in [0.2, 0.25) is 5.28 Å². The summed E-state index contributed by atoms with van der Waals surface area (Å²) < 4.78 is 17.1. The predicted molar refractivity (Wildman–Crippen MR) is 87.5 cm³/mol. The summed E-state index contributed by atoms with van der Waals surface area (Å²) in [6.07, 6.45) is -1.35. The lowest BCUT2D eigenvalue weighted by Crippen LogP contribution is -2.45. The Balaban J connectivity index is 1.76. The van der Waals surface area contributed by atoms with Gasteiger partial charge in [0.15, 0.2) is 11.5 Å². The van der Waals surface area contributed by atoms with E-state index in [0.29, 0.717) is 0 Å². The number of aromatic nitrogens is 4. The Morgan fingerprint density at radius 1 is 1.42 bits per heavy atom. The molecule has 0 bridgehead atoms. The molecule has 2 heterocycles. The number of aliphatic hydroxyl groups excluding tert-OH is 2. The van der Waals surface area contributed by atoms with E-state index in [1.54, 1.807) is 0 Å². The summed E-state index contributed by atoms with van der Waals surface area (Å²) in [7, 11) is -4.77. The molecule has 138 valence electrons. The lowest BCUT2D eigenvalue weighted by Gasteiger charge is -2.36. The molecule has 0 aliphatic heterocycles. The van der Waals surface area contributed by atoms with Gasteiger partial charge in [-0.3, -0.25) is 4.52 Å². The second kappa shape index (κ2) is 5.61. The summed E-state index contributed by atoms with van der Waals surface area (Å²) in [5.41, 5.74) is 4.98. The van der Waals surface area contributed by atoms with Crippen LogP contribution in [0.2, 0.25) is 5.28 Å². The fourth-order valence-electron chi connectivity index (χ4n) is 3.53. The number of nitrogens with zero attached hydrogens (tertiary/aromatic N) is 4. The summed E-state index contributed by atoms with van der Waals surface area (Å²) in [5.74, 6) is 4.92. The molecule has 1 fully saturated rings. The Kier molecular flexibility index (Phi) is 3.81. The lowest BCUT2D eigenvalue weighted by atomic mass is 9.70. The molecule has 0 radical (unpaired) electrons. The second-order valence-electron chi connectivity index (χ2n) is 6.18. The van der Waals surface area contributed by atoms with Crippen LogP contribution in [0.4, 0.5) is 5.82 Å². The van der Waals surface area contributed by atoms with Gasteiger partial charge in [-0.25, -0.2) is 9.55 Å². The zero-order valence-electron chi connectivity index (χ0n) is 12.9. The fraction of sp³-hybridized carbons (Fsp3) is 0.462. The third kappa shape index (κ3) is 2.43. The van der Waals surface area contributed by atoms with E-state index in [0.717, 1.165) is 0 Å². The number of phosphoric ester groups is 1. The van der Waals surface area contributed by atoms with Gasteiger partial charge < -0.3 is 30.3 Å². The van der Waals surface area contributed by atoms with Crippen LogP contribution < -0.4 is 5.73 Å². The van der Waals surface area contributed by atoms with Crippen molar-refractivity contribution in [1.29, 1.82) is 0 Å². The Labute approximate surface area is 151 Å². The maximum absolute atomic E-state index is 11.0. The molecule has 6 N–H and O–H groups in total. The first-order chi connectivity index (χ1) is 12.1. The first kappa shape index (κ1) is 17.6. The van der Waals surface area contributed by atoms with Gasteiger partial charge in [0, 0.05) is 0 Å². The van der Waals surface area contributed by atoms with E-state index in [1.807, 2.05) is 0 Å². The van der Waals surface area contributed by atoms with E-state index >= 15 is 0 Å². The van der Waals surface area contributed by atoms with Crippen LogP contribution in [-0.2, 0) is 9.09 Å². The van der Waals surface area contributed by atoms with E-state index < -0.39 is 44.0 Å². The number of nitrogens with two attached hydrogens (primary N) is 1. The van der Waals surface area contributed by atoms with Gasteiger partial charge in [-0.05, 0) is 11.6 Å². The lowest BCUT2D eigenvalue weighted by molar-refractivity contribution is -0.0296. The molecule has 2 aromatic heterocycles. The predicted octanol–water partition coefficient (Wildman–Crippen LogP) is -0.933. The quantitative estimate of drug-likeness (QED) is 0.244. The normalized spacial score (nSPS) is 32.8. The number of rotatable bonds is 4. The van der Waals surface area contributed by atoms with E-state index in [4.69, 9.17) is 27.1 Å². The van der Waals surface area contributed by atoms with Gasteiger partial charge in [-0.15, -0.1) is 0 Å². The van der Waals surface area contributed by atoms with Gasteiger partial charge in [-0.2, -0.15) is 9.97 Å². The number of hydrogen-bond donors (Lipinski definition) is 5. The number of aliphatic hydroxyl groups is 2. The van der Waals surface area contributed by atoms with Crippen molar-refractivity contribution in [3.05, 3.63) is 11.6 Å². The Hall–Kier alpha value is -1.77. The van der Waals surface area contributed by atoms with Crippen LogP contribution in [-0.4, -0.2) is 58.3 Å². The highest BCUT2D eigenvalue weighted by Gasteiger charge is 2.63. The zero-order valence-corrected chi connectivity index (χ0v) is 14.5. The van der Waals surface area contributed by atoms with Crippen molar-refractivity contribution in [2.45, 2.75) is 18.2 Å². The molecular weight excluding hydrogens is 389 g/mol. The molecule has 5 atom stereocenters. The molecule has 0 spiro atoms. The van der Waals surface area contributed by atoms with E-state index in [9.17, 15) is 14.8 Å². The van der Waals surface area contributed by atoms with Crippen molar-refractivity contribution in [2.24, 2.45) is 11.3 Å². The van der Waals surface area contributed by atoms with Crippen molar-refractivity contribution < 1.29 is 29.1 Å². The average Bonchev–Trinajstić information content (AvgIpc) is 2.98. The van der Waals surface area contributed by atoms with Crippen molar-refractivity contribution in [3.8, 4) is 11.8 Å². The Morgan fingerprint density at radius 2 is 2.15 bits per heavy atom. The van der Waals surface area contributed by atoms with Crippen molar-refractivity contribution in [2.75, 3.05) is 12.3 Å². The Morgan fingerprint density at radius 3 is 2.77 bits per heavy atom. The molecule has 13 heteroatoms. The van der Waals surface area contributed by atoms with Gasteiger partial charge in [-0.1, -0.05) is 11.8 Å². The van der Waals surface area contributed by atoms with Crippen molar-refractivity contribution >= 4 is 36.4 Å². The van der Waals surface area contributed by atoms with Crippen LogP contribution in [0, 0.1) is 23.2 Å². The van der Waals surface area contributed by atoms with Gasteiger partial charge in [0.25, 0.3) is 0 Å². The number of nitrogen functional groups attached to an aromatic ring is 1. The molecule has 0 unspecified atom stereocenters. The summed E-state index contributed by atoms with van der Waals surface area (Å²) >= 11 is 5.84. The summed E-state index contributed by atoms with van der Waals surface area (Å²) in [6.45, 7) is -0.534. The monoisotopic (exact) mass is 401 g/mol. The highest BCUT2D eigenvalue weighted by molar-refractivity contribution is 7.46. The molecule has 0 aromatic carbocycles. The van der Waals surface area contributed by atoms with Crippen LogP contribution in [0.3, 0.4) is 0 Å². The highest BCUT2D eigenvalue weighted by atomic mass is 35.5. The van der Waals surface area contributed by atoms with Gasteiger partial charge >= 0.3 is 7.82 Å².